The summed E-state index contributed by atoms with van der Waals surface area (Å²) < 4.78 is 11.4. The third kappa shape index (κ3) is 5.23. The van der Waals surface area contributed by atoms with E-state index < -0.39 is 37.2 Å². The Balaban J connectivity index is 2.19. The van der Waals surface area contributed by atoms with E-state index in [4.69, 9.17) is 9.47 Å². The highest BCUT2D eigenvalue weighted by molar-refractivity contribution is 5.75. The van der Waals surface area contributed by atoms with Gasteiger partial charge in [-0.1, -0.05) is 30.3 Å². The molecule has 1 aliphatic heterocycles. The summed E-state index contributed by atoms with van der Waals surface area (Å²) in [6.45, 7) is 2.39. The zero-order valence-electron chi connectivity index (χ0n) is 14.2. The first-order valence-corrected chi connectivity index (χ1v) is 8.06. The number of hydrogen-bond donors (Lipinski definition) is 4. The van der Waals surface area contributed by atoms with E-state index in [1.807, 2.05) is 30.3 Å². The largest absolute Gasteiger partial charge is 0.394 e. The summed E-state index contributed by atoms with van der Waals surface area (Å²) >= 11 is 0. The molecule has 0 aromatic heterocycles. The molecule has 0 saturated carbocycles. The molecule has 138 valence electrons. The van der Waals surface area contributed by atoms with Gasteiger partial charge in [0.15, 0.2) is 6.29 Å². The van der Waals surface area contributed by atoms with E-state index in [1.165, 1.54) is 13.8 Å². The summed E-state index contributed by atoms with van der Waals surface area (Å²) in [6, 6.07) is 7.71. The summed E-state index contributed by atoms with van der Waals surface area (Å²) in [5.41, 5.74) is 0.899. The van der Waals surface area contributed by atoms with E-state index >= 15 is 0 Å². The summed E-state index contributed by atoms with van der Waals surface area (Å²) in [7, 11) is 0. The number of carbonyl (C=O) groups is 2. The summed E-state index contributed by atoms with van der Waals surface area (Å²) in [6.07, 6.45) is -3.08. The minimum atomic E-state index is -1.19. The molecule has 8 heteroatoms. The highest BCUT2D eigenvalue weighted by atomic mass is 16.7. The molecule has 0 unspecified atom stereocenters. The van der Waals surface area contributed by atoms with E-state index in [0.29, 0.717) is 0 Å². The molecule has 1 saturated heterocycles. The molecule has 8 nitrogen and oxygen atoms in total. The van der Waals surface area contributed by atoms with Crippen LogP contribution in [0.4, 0.5) is 0 Å². The summed E-state index contributed by atoms with van der Waals surface area (Å²) in [5.74, 6) is -0.730. The van der Waals surface area contributed by atoms with Crippen LogP contribution in [0.15, 0.2) is 30.3 Å². The third-order valence-electron chi connectivity index (χ3n) is 3.91. The molecule has 0 aliphatic carbocycles. The first kappa shape index (κ1) is 19.3. The van der Waals surface area contributed by atoms with Gasteiger partial charge in [-0.25, -0.2) is 0 Å². The normalized spacial score (nSPS) is 29.0. The predicted molar refractivity (Wildman–Crippen MR) is 88.2 cm³/mol. The maximum Gasteiger partial charge on any atom is 0.217 e. The Morgan fingerprint density at radius 1 is 1.12 bits per heavy atom. The number of aliphatic hydroxyl groups is 2. The molecule has 4 N–H and O–H groups in total. The third-order valence-corrected chi connectivity index (χ3v) is 3.91. The van der Waals surface area contributed by atoms with Crippen LogP contribution in [-0.4, -0.2) is 59.2 Å². The lowest BCUT2D eigenvalue weighted by molar-refractivity contribution is -0.253. The Kier molecular flexibility index (Phi) is 6.89. The van der Waals surface area contributed by atoms with Gasteiger partial charge in [0.05, 0.1) is 19.3 Å². The number of ether oxygens (including phenoxy) is 2. The van der Waals surface area contributed by atoms with Crippen LogP contribution >= 0.6 is 0 Å². The van der Waals surface area contributed by atoms with Crippen LogP contribution < -0.4 is 10.6 Å². The van der Waals surface area contributed by atoms with Gasteiger partial charge < -0.3 is 30.3 Å². The fourth-order valence-electron chi connectivity index (χ4n) is 2.80. The number of aliphatic hydroxyl groups excluding tert-OH is 2. The van der Waals surface area contributed by atoms with Gasteiger partial charge >= 0.3 is 0 Å². The van der Waals surface area contributed by atoms with Crippen LogP contribution in [0.2, 0.25) is 0 Å². The summed E-state index contributed by atoms with van der Waals surface area (Å²) in [4.78, 5) is 23.0. The van der Waals surface area contributed by atoms with Crippen molar-refractivity contribution >= 4 is 11.8 Å². The van der Waals surface area contributed by atoms with Crippen molar-refractivity contribution in [3.8, 4) is 0 Å². The zero-order chi connectivity index (χ0) is 18.4. The fourth-order valence-corrected chi connectivity index (χ4v) is 2.80. The fraction of sp³-hybridized carbons (Fsp3) is 0.529. The molecule has 2 amide bonds. The number of nitrogens with one attached hydrogen (secondary N) is 2. The van der Waals surface area contributed by atoms with Crippen molar-refractivity contribution in [3.63, 3.8) is 0 Å². The number of amides is 2. The zero-order valence-corrected chi connectivity index (χ0v) is 14.2. The molecule has 5 atom stereocenters. The Morgan fingerprint density at radius 2 is 1.72 bits per heavy atom. The number of carbonyl (C=O) groups excluding carboxylic acids is 2. The number of rotatable bonds is 6. The molecule has 1 fully saturated rings. The minimum absolute atomic E-state index is 0.211. The standard InChI is InChI=1S/C17H24N2O6/c1-10(21)18-14-15(19-11(2)22)17(25-13(8-20)16(14)23)24-9-12-6-4-3-5-7-12/h3-7,13-17,20,23H,8-9H2,1-2H3,(H,18,21)(H,19,22)/t13-,14+,15+,16-,17+/m1/s1. The molecule has 25 heavy (non-hydrogen) atoms. The second-order valence-corrected chi connectivity index (χ2v) is 5.97. The quantitative estimate of drug-likeness (QED) is 0.537. The molecule has 0 spiro atoms. The Labute approximate surface area is 146 Å². The van der Waals surface area contributed by atoms with E-state index in [9.17, 15) is 19.8 Å². The highest BCUT2D eigenvalue weighted by Gasteiger charge is 2.46. The van der Waals surface area contributed by atoms with Gasteiger partial charge in [0.25, 0.3) is 0 Å². The second-order valence-electron chi connectivity index (χ2n) is 5.97. The predicted octanol–water partition coefficient (Wildman–Crippen LogP) is -0.709. The molecule has 1 heterocycles. The lowest BCUT2D eigenvalue weighted by Crippen LogP contribution is -2.69. The van der Waals surface area contributed by atoms with Crippen LogP contribution in [0, 0.1) is 0 Å². The van der Waals surface area contributed by atoms with Crippen LogP contribution in [0.25, 0.3) is 0 Å². The second kappa shape index (κ2) is 8.91. The van der Waals surface area contributed by atoms with Gasteiger partial charge in [-0.2, -0.15) is 0 Å². The van der Waals surface area contributed by atoms with Crippen LogP contribution in [0.1, 0.15) is 19.4 Å². The Bertz CT molecular complexity index is 582. The topological polar surface area (TPSA) is 117 Å². The van der Waals surface area contributed by atoms with Gasteiger partial charge in [-0.3, -0.25) is 9.59 Å². The van der Waals surface area contributed by atoms with E-state index in [1.54, 1.807) is 0 Å². The van der Waals surface area contributed by atoms with E-state index in [0.717, 1.165) is 5.56 Å². The molecule has 1 aromatic carbocycles. The number of hydrogen-bond acceptors (Lipinski definition) is 6. The van der Waals surface area contributed by atoms with Crippen molar-refractivity contribution in [1.82, 2.24) is 10.6 Å². The van der Waals surface area contributed by atoms with Crippen molar-refractivity contribution in [1.29, 1.82) is 0 Å². The summed E-state index contributed by atoms with van der Waals surface area (Å²) in [5, 5.41) is 25.1. The molecular formula is C17H24N2O6. The molecular weight excluding hydrogens is 328 g/mol. The highest BCUT2D eigenvalue weighted by Crippen LogP contribution is 2.23. The maximum absolute atomic E-state index is 11.6. The molecule has 1 aliphatic rings. The van der Waals surface area contributed by atoms with Crippen LogP contribution in [0.3, 0.4) is 0 Å². The molecule has 1 aromatic rings. The molecule has 0 radical (unpaired) electrons. The average Bonchev–Trinajstić information content (AvgIpc) is 2.57. The lowest BCUT2D eigenvalue weighted by Gasteiger charge is -2.44. The van der Waals surface area contributed by atoms with Crippen LogP contribution in [-0.2, 0) is 25.7 Å². The lowest BCUT2D eigenvalue weighted by atomic mass is 9.94. The maximum atomic E-state index is 11.6. The first-order valence-electron chi connectivity index (χ1n) is 8.06. The van der Waals surface area contributed by atoms with Crippen molar-refractivity contribution in [2.75, 3.05) is 6.61 Å². The molecule has 0 bridgehead atoms. The van der Waals surface area contributed by atoms with Crippen molar-refractivity contribution < 1.29 is 29.3 Å². The van der Waals surface area contributed by atoms with Crippen LogP contribution in [0.5, 0.6) is 0 Å². The number of benzene rings is 1. The smallest absolute Gasteiger partial charge is 0.217 e. The van der Waals surface area contributed by atoms with Crippen molar-refractivity contribution in [2.45, 2.75) is 51.0 Å². The first-order chi connectivity index (χ1) is 11.9. The van der Waals surface area contributed by atoms with Crippen molar-refractivity contribution in [3.05, 3.63) is 35.9 Å². The monoisotopic (exact) mass is 352 g/mol. The van der Waals surface area contributed by atoms with Crippen molar-refractivity contribution in [2.24, 2.45) is 0 Å². The van der Waals surface area contributed by atoms with Gasteiger partial charge in [0, 0.05) is 13.8 Å². The van der Waals surface area contributed by atoms with Gasteiger partial charge in [-0.15, -0.1) is 0 Å². The van der Waals surface area contributed by atoms with E-state index in [2.05, 4.69) is 10.6 Å². The minimum Gasteiger partial charge on any atom is -0.394 e. The Morgan fingerprint density at radius 3 is 2.28 bits per heavy atom. The Hall–Kier alpha value is -2.00. The average molecular weight is 352 g/mol. The van der Waals surface area contributed by atoms with Gasteiger partial charge in [0.1, 0.15) is 18.2 Å². The SMILES string of the molecule is CC(=O)N[C@@H]1[C@@H](OCc2ccccc2)O[C@H](CO)[C@@H](O)[C@H]1NC(C)=O. The molecule has 2 rings (SSSR count). The van der Waals surface area contributed by atoms with E-state index in [-0.39, 0.29) is 18.4 Å². The van der Waals surface area contributed by atoms with Gasteiger partial charge in [0.2, 0.25) is 11.8 Å². The van der Waals surface area contributed by atoms with Gasteiger partial charge in [-0.05, 0) is 5.56 Å².